The Morgan fingerprint density at radius 3 is 1.96 bits per heavy atom. The summed E-state index contributed by atoms with van der Waals surface area (Å²) in [6.45, 7) is 5.83. The SMILES string of the molecule is Cc1ccc(C2=C(O)C(=O)N(c3ccc(N4CCN(C)CC4)cc3)C2=O)cc1. The van der Waals surface area contributed by atoms with E-state index < -0.39 is 17.6 Å². The molecule has 1 fully saturated rings. The fourth-order valence-corrected chi connectivity index (χ4v) is 3.61. The molecule has 2 amide bonds. The van der Waals surface area contributed by atoms with Crippen molar-refractivity contribution in [2.45, 2.75) is 6.92 Å². The first-order chi connectivity index (χ1) is 13.5. The molecule has 0 saturated carbocycles. The summed E-state index contributed by atoms with van der Waals surface area (Å²) in [6, 6.07) is 14.5. The number of benzene rings is 2. The molecule has 1 N–H and O–H groups in total. The van der Waals surface area contributed by atoms with E-state index in [9.17, 15) is 14.7 Å². The highest BCUT2D eigenvalue weighted by molar-refractivity contribution is 6.44. The van der Waals surface area contributed by atoms with Crippen LogP contribution in [0, 0.1) is 6.92 Å². The predicted octanol–water partition coefficient (Wildman–Crippen LogP) is 2.59. The van der Waals surface area contributed by atoms with Crippen molar-refractivity contribution < 1.29 is 14.7 Å². The third-order valence-corrected chi connectivity index (χ3v) is 5.38. The van der Waals surface area contributed by atoms with Crippen LogP contribution in [-0.2, 0) is 9.59 Å². The average molecular weight is 377 g/mol. The molecular weight excluding hydrogens is 354 g/mol. The van der Waals surface area contributed by atoms with Gasteiger partial charge in [-0.25, -0.2) is 4.90 Å². The number of amides is 2. The number of rotatable bonds is 3. The molecule has 2 aliphatic heterocycles. The van der Waals surface area contributed by atoms with Crippen LogP contribution in [0.3, 0.4) is 0 Å². The van der Waals surface area contributed by atoms with Gasteiger partial charge >= 0.3 is 5.91 Å². The van der Waals surface area contributed by atoms with E-state index in [0.717, 1.165) is 42.3 Å². The minimum atomic E-state index is -0.687. The van der Waals surface area contributed by atoms with E-state index in [4.69, 9.17) is 0 Å². The van der Waals surface area contributed by atoms with Gasteiger partial charge in [-0.05, 0) is 43.8 Å². The first-order valence-corrected chi connectivity index (χ1v) is 9.38. The summed E-state index contributed by atoms with van der Waals surface area (Å²) < 4.78 is 0. The Hall–Kier alpha value is -3.12. The summed E-state index contributed by atoms with van der Waals surface area (Å²) in [5, 5.41) is 10.3. The molecule has 2 aromatic carbocycles. The van der Waals surface area contributed by atoms with Crippen molar-refractivity contribution in [3.8, 4) is 0 Å². The summed E-state index contributed by atoms with van der Waals surface area (Å²) in [7, 11) is 2.11. The molecule has 0 unspecified atom stereocenters. The van der Waals surface area contributed by atoms with Gasteiger partial charge in [0, 0.05) is 31.9 Å². The van der Waals surface area contributed by atoms with Crippen molar-refractivity contribution in [1.29, 1.82) is 0 Å². The van der Waals surface area contributed by atoms with Gasteiger partial charge in [-0.15, -0.1) is 0 Å². The van der Waals surface area contributed by atoms with Crippen molar-refractivity contribution in [3.63, 3.8) is 0 Å². The summed E-state index contributed by atoms with van der Waals surface area (Å²) in [4.78, 5) is 31.1. The van der Waals surface area contributed by atoms with Gasteiger partial charge in [0.15, 0.2) is 5.76 Å². The van der Waals surface area contributed by atoms with Crippen LogP contribution in [0.1, 0.15) is 11.1 Å². The fraction of sp³-hybridized carbons (Fsp3) is 0.273. The maximum Gasteiger partial charge on any atom is 0.301 e. The molecule has 0 spiro atoms. The first-order valence-electron chi connectivity index (χ1n) is 9.38. The highest BCUT2D eigenvalue weighted by atomic mass is 16.3. The van der Waals surface area contributed by atoms with E-state index in [-0.39, 0.29) is 5.57 Å². The minimum absolute atomic E-state index is 0.0492. The molecule has 28 heavy (non-hydrogen) atoms. The molecule has 0 atom stereocenters. The number of aryl methyl sites for hydroxylation is 1. The molecule has 0 aromatic heterocycles. The molecule has 2 heterocycles. The van der Waals surface area contributed by atoms with Crippen molar-refractivity contribution >= 4 is 28.8 Å². The Morgan fingerprint density at radius 2 is 1.36 bits per heavy atom. The fourth-order valence-electron chi connectivity index (χ4n) is 3.61. The average Bonchev–Trinajstić information content (AvgIpc) is 2.92. The van der Waals surface area contributed by atoms with Gasteiger partial charge in [0.2, 0.25) is 0 Å². The van der Waals surface area contributed by atoms with E-state index in [1.807, 2.05) is 31.2 Å². The van der Waals surface area contributed by atoms with E-state index in [1.54, 1.807) is 24.3 Å². The van der Waals surface area contributed by atoms with Crippen LogP contribution in [0.5, 0.6) is 0 Å². The van der Waals surface area contributed by atoms with Crippen LogP contribution < -0.4 is 9.80 Å². The number of hydrogen-bond donors (Lipinski definition) is 1. The number of carbonyl (C=O) groups is 2. The van der Waals surface area contributed by atoms with Crippen LogP contribution in [0.2, 0.25) is 0 Å². The summed E-state index contributed by atoms with van der Waals surface area (Å²) >= 11 is 0. The number of carbonyl (C=O) groups excluding carboxylic acids is 2. The van der Waals surface area contributed by atoms with Crippen molar-refractivity contribution in [2.24, 2.45) is 0 Å². The molecule has 2 aromatic rings. The monoisotopic (exact) mass is 377 g/mol. The number of hydrogen-bond acceptors (Lipinski definition) is 5. The standard InChI is InChI=1S/C22H23N3O3/c1-15-3-5-16(6-4-15)19-20(26)22(28)25(21(19)27)18-9-7-17(8-10-18)24-13-11-23(2)12-14-24/h3-10,26H,11-14H2,1-2H3. The molecule has 144 valence electrons. The molecule has 0 bridgehead atoms. The smallest absolute Gasteiger partial charge is 0.301 e. The van der Waals surface area contributed by atoms with Crippen LogP contribution >= 0.6 is 0 Å². The van der Waals surface area contributed by atoms with Crippen molar-refractivity contribution in [3.05, 3.63) is 65.4 Å². The zero-order chi connectivity index (χ0) is 19.8. The lowest BCUT2D eigenvalue weighted by atomic mass is 10.0. The summed E-state index contributed by atoms with van der Waals surface area (Å²) in [5.74, 6) is -1.69. The van der Waals surface area contributed by atoms with Gasteiger partial charge in [-0.3, -0.25) is 9.59 Å². The van der Waals surface area contributed by atoms with E-state index in [0.29, 0.717) is 11.3 Å². The van der Waals surface area contributed by atoms with Crippen molar-refractivity contribution in [2.75, 3.05) is 43.0 Å². The topological polar surface area (TPSA) is 64.1 Å². The Balaban J connectivity index is 1.57. The largest absolute Gasteiger partial charge is 0.502 e. The summed E-state index contributed by atoms with van der Waals surface area (Å²) in [5.41, 5.74) is 3.15. The summed E-state index contributed by atoms with van der Waals surface area (Å²) in [6.07, 6.45) is 0. The molecule has 4 rings (SSSR count). The van der Waals surface area contributed by atoms with Crippen LogP contribution in [0.4, 0.5) is 11.4 Å². The number of aliphatic hydroxyl groups excluding tert-OH is 1. The lowest BCUT2D eigenvalue weighted by Crippen LogP contribution is -2.44. The van der Waals surface area contributed by atoms with Crippen molar-refractivity contribution in [1.82, 2.24) is 4.90 Å². The maximum absolute atomic E-state index is 12.9. The number of aliphatic hydroxyl groups is 1. The zero-order valence-corrected chi connectivity index (χ0v) is 16.1. The Bertz CT molecular complexity index is 940. The molecule has 0 aliphatic carbocycles. The number of nitrogens with zero attached hydrogens (tertiary/aromatic N) is 3. The molecular formula is C22H23N3O3. The lowest BCUT2D eigenvalue weighted by Gasteiger charge is -2.34. The normalized spacial score (nSPS) is 18.4. The van der Waals surface area contributed by atoms with Gasteiger partial charge in [0.05, 0.1) is 11.3 Å². The quantitative estimate of drug-likeness (QED) is 0.833. The second-order valence-electron chi connectivity index (χ2n) is 7.34. The lowest BCUT2D eigenvalue weighted by molar-refractivity contribution is -0.121. The second-order valence-corrected chi connectivity index (χ2v) is 7.34. The predicted molar refractivity (Wildman–Crippen MR) is 109 cm³/mol. The van der Waals surface area contributed by atoms with Gasteiger partial charge in [-0.1, -0.05) is 29.8 Å². The van der Waals surface area contributed by atoms with Gasteiger partial charge < -0.3 is 14.9 Å². The third kappa shape index (κ3) is 3.16. The van der Waals surface area contributed by atoms with Crippen LogP contribution in [-0.4, -0.2) is 55.0 Å². The molecule has 0 radical (unpaired) electrons. The van der Waals surface area contributed by atoms with Gasteiger partial charge in [0.1, 0.15) is 0 Å². The molecule has 1 saturated heterocycles. The van der Waals surface area contributed by atoms with Gasteiger partial charge in [0.25, 0.3) is 5.91 Å². The highest BCUT2D eigenvalue weighted by Gasteiger charge is 2.40. The highest BCUT2D eigenvalue weighted by Crippen LogP contribution is 2.33. The molecule has 6 nitrogen and oxygen atoms in total. The third-order valence-electron chi connectivity index (χ3n) is 5.38. The second kappa shape index (κ2) is 7.13. The van der Waals surface area contributed by atoms with E-state index >= 15 is 0 Å². The number of imide groups is 1. The molecule has 2 aliphatic rings. The zero-order valence-electron chi connectivity index (χ0n) is 16.1. The van der Waals surface area contributed by atoms with Crippen LogP contribution in [0.25, 0.3) is 5.57 Å². The van der Waals surface area contributed by atoms with E-state index in [1.165, 1.54) is 0 Å². The number of piperazine rings is 1. The Kier molecular flexibility index (Phi) is 4.65. The maximum atomic E-state index is 12.9. The van der Waals surface area contributed by atoms with Crippen LogP contribution in [0.15, 0.2) is 54.3 Å². The molecule has 6 heteroatoms. The first kappa shape index (κ1) is 18.3. The number of anilines is 2. The van der Waals surface area contributed by atoms with E-state index in [2.05, 4.69) is 16.8 Å². The number of likely N-dealkylation sites (N-methyl/N-ethyl adjacent to an activating group) is 1. The van der Waals surface area contributed by atoms with Gasteiger partial charge in [-0.2, -0.15) is 0 Å². The Labute approximate surface area is 164 Å². The minimum Gasteiger partial charge on any atom is -0.502 e. The Morgan fingerprint density at radius 1 is 0.786 bits per heavy atom.